The number of esters is 1. The van der Waals surface area contributed by atoms with E-state index in [9.17, 15) is 9.59 Å². The van der Waals surface area contributed by atoms with Gasteiger partial charge in [0.2, 0.25) is 0 Å². The minimum absolute atomic E-state index is 0.0600. The molecule has 1 atom stereocenters. The van der Waals surface area contributed by atoms with Crippen molar-refractivity contribution in [2.75, 3.05) is 26.0 Å². The predicted octanol–water partition coefficient (Wildman–Crippen LogP) is 6.52. The molecule has 0 aliphatic carbocycles. The van der Waals surface area contributed by atoms with E-state index in [2.05, 4.69) is 12.1 Å². The van der Waals surface area contributed by atoms with Crippen LogP contribution in [0.5, 0.6) is 17.2 Å². The lowest BCUT2D eigenvalue weighted by Gasteiger charge is -2.25. The summed E-state index contributed by atoms with van der Waals surface area (Å²) >= 11 is 7.90. The van der Waals surface area contributed by atoms with Gasteiger partial charge in [0.25, 0.3) is 5.91 Å². The van der Waals surface area contributed by atoms with E-state index in [4.69, 9.17) is 25.8 Å². The summed E-state index contributed by atoms with van der Waals surface area (Å²) in [7, 11) is 0. The Morgan fingerprint density at radius 3 is 2.56 bits per heavy atom. The van der Waals surface area contributed by atoms with Gasteiger partial charge < -0.3 is 14.2 Å². The van der Waals surface area contributed by atoms with Crippen molar-refractivity contribution in [3.05, 3.63) is 88.4 Å². The van der Waals surface area contributed by atoms with Gasteiger partial charge in [-0.25, -0.2) is 0 Å². The van der Waals surface area contributed by atoms with E-state index in [-0.39, 0.29) is 11.9 Å². The fourth-order valence-electron chi connectivity index (χ4n) is 4.04. The largest absolute Gasteiger partial charge is 0.493 e. The summed E-state index contributed by atoms with van der Waals surface area (Å²) in [5.41, 5.74) is 2.46. The van der Waals surface area contributed by atoms with Crippen molar-refractivity contribution in [3.8, 4) is 17.2 Å². The van der Waals surface area contributed by atoms with E-state index in [0.717, 1.165) is 6.42 Å². The van der Waals surface area contributed by atoms with E-state index in [0.29, 0.717) is 59.6 Å². The lowest BCUT2D eigenvalue weighted by molar-refractivity contribution is -0.145. The number of nitrogens with zero attached hydrogens (tertiary/aromatic N) is 1. The molecule has 36 heavy (non-hydrogen) atoms. The molecule has 3 aromatic carbocycles. The third-order valence-corrected chi connectivity index (χ3v) is 6.98. The Morgan fingerprint density at radius 1 is 1.11 bits per heavy atom. The van der Waals surface area contributed by atoms with Crippen molar-refractivity contribution < 1.29 is 23.8 Å². The number of carbonyl (C=O) groups excluding carboxylic acids is 2. The molecule has 0 bridgehead atoms. The quantitative estimate of drug-likeness (QED) is 0.234. The van der Waals surface area contributed by atoms with Gasteiger partial charge in [0.1, 0.15) is 17.2 Å². The molecule has 0 radical (unpaired) electrons. The van der Waals surface area contributed by atoms with Crippen molar-refractivity contribution >= 4 is 35.4 Å². The number of amides is 1. The summed E-state index contributed by atoms with van der Waals surface area (Å²) in [6.07, 6.45) is 3.22. The van der Waals surface area contributed by atoms with E-state index >= 15 is 0 Å². The molecule has 1 heterocycles. The molecule has 188 valence electrons. The Bertz CT molecular complexity index is 1200. The average molecular weight is 526 g/mol. The molecule has 1 amide bonds. The molecule has 8 heteroatoms. The monoisotopic (exact) mass is 525 g/mol. The standard InChI is InChI=1S/C28H28ClNO5S/c1-3-33-28(32)22-14-16-34-25-18-26(24(29)17-23(22)25)35-21-11-9-20(10-12-21)27(31)30(36-2)15-13-19-7-5-4-6-8-19/h4-12,17-18,22H,3,13-16H2,1-2H3. The maximum atomic E-state index is 13.0. The van der Waals surface area contributed by atoms with Crippen LogP contribution >= 0.6 is 23.5 Å². The van der Waals surface area contributed by atoms with Crippen LogP contribution in [0.4, 0.5) is 0 Å². The van der Waals surface area contributed by atoms with Gasteiger partial charge in [-0.2, -0.15) is 0 Å². The van der Waals surface area contributed by atoms with E-state index < -0.39 is 5.92 Å². The van der Waals surface area contributed by atoms with Crippen molar-refractivity contribution in [2.45, 2.75) is 25.7 Å². The second-order valence-corrected chi connectivity index (χ2v) is 9.43. The van der Waals surface area contributed by atoms with Crippen molar-refractivity contribution in [1.29, 1.82) is 0 Å². The molecule has 0 fully saturated rings. The molecule has 0 saturated heterocycles. The smallest absolute Gasteiger partial charge is 0.313 e. The van der Waals surface area contributed by atoms with Gasteiger partial charge >= 0.3 is 5.97 Å². The van der Waals surface area contributed by atoms with E-state index in [1.807, 2.05) is 24.5 Å². The van der Waals surface area contributed by atoms with Crippen LogP contribution in [0.25, 0.3) is 0 Å². The zero-order valence-electron chi connectivity index (χ0n) is 20.2. The molecule has 0 aromatic heterocycles. The number of hydrogen-bond donors (Lipinski definition) is 0. The highest BCUT2D eigenvalue weighted by Gasteiger charge is 2.30. The van der Waals surface area contributed by atoms with Gasteiger partial charge in [0.15, 0.2) is 0 Å². The summed E-state index contributed by atoms with van der Waals surface area (Å²) in [4.78, 5) is 25.3. The lowest BCUT2D eigenvalue weighted by atomic mass is 9.93. The highest BCUT2D eigenvalue weighted by atomic mass is 35.5. The summed E-state index contributed by atoms with van der Waals surface area (Å²) in [6.45, 7) is 3.12. The fourth-order valence-corrected chi connectivity index (χ4v) is 4.80. The Hall–Kier alpha value is -3.16. The minimum Gasteiger partial charge on any atom is -0.493 e. The van der Waals surface area contributed by atoms with Gasteiger partial charge in [-0.15, -0.1) is 0 Å². The molecule has 1 unspecified atom stereocenters. The molecule has 3 aromatic rings. The second kappa shape index (κ2) is 12.2. The number of fused-ring (bicyclic) bond motifs is 1. The van der Waals surface area contributed by atoms with Gasteiger partial charge in [-0.3, -0.25) is 13.9 Å². The molecule has 0 spiro atoms. The summed E-state index contributed by atoms with van der Waals surface area (Å²) in [5, 5.41) is 0.364. The first-order valence-electron chi connectivity index (χ1n) is 11.8. The Morgan fingerprint density at radius 2 is 1.86 bits per heavy atom. The highest BCUT2D eigenvalue weighted by Crippen LogP contribution is 2.42. The molecule has 6 nitrogen and oxygen atoms in total. The van der Waals surface area contributed by atoms with Crippen LogP contribution in [-0.2, 0) is 16.0 Å². The summed E-state index contributed by atoms with van der Waals surface area (Å²) < 4.78 is 18.7. The molecule has 0 saturated carbocycles. The fraction of sp³-hybridized carbons (Fsp3) is 0.286. The van der Waals surface area contributed by atoms with Crippen LogP contribution in [0.3, 0.4) is 0 Å². The molecule has 4 rings (SSSR count). The van der Waals surface area contributed by atoms with Crippen LogP contribution in [-0.4, -0.2) is 42.2 Å². The molecular formula is C28H28ClNO5S. The molecule has 1 aliphatic heterocycles. The summed E-state index contributed by atoms with van der Waals surface area (Å²) in [5.74, 6) is 0.746. The van der Waals surface area contributed by atoms with Gasteiger partial charge in [0.05, 0.1) is 24.2 Å². The van der Waals surface area contributed by atoms with Gasteiger partial charge in [-0.05, 0) is 55.7 Å². The summed E-state index contributed by atoms with van der Waals surface area (Å²) in [6, 6.07) is 20.4. The predicted molar refractivity (Wildman–Crippen MR) is 142 cm³/mol. The topological polar surface area (TPSA) is 65.1 Å². The zero-order valence-corrected chi connectivity index (χ0v) is 21.8. The third-order valence-electron chi connectivity index (χ3n) is 5.90. The number of halogens is 1. The second-order valence-electron chi connectivity index (χ2n) is 8.21. The molecule has 1 aliphatic rings. The van der Waals surface area contributed by atoms with Crippen molar-refractivity contribution in [2.24, 2.45) is 0 Å². The number of ether oxygens (including phenoxy) is 3. The Balaban J connectivity index is 1.44. The number of carbonyl (C=O) groups is 2. The Labute approximate surface area is 220 Å². The van der Waals surface area contributed by atoms with Gasteiger partial charge in [-0.1, -0.05) is 53.9 Å². The zero-order chi connectivity index (χ0) is 25.5. The first-order valence-corrected chi connectivity index (χ1v) is 13.4. The van der Waals surface area contributed by atoms with Gasteiger partial charge in [0, 0.05) is 30.0 Å². The first kappa shape index (κ1) is 25.9. The number of rotatable bonds is 9. The number of hydrogen-bond acceptors (Lipinski definition) is 6. The van der Waals surface area contributed by atoms with Crippen LogP contribution in [0.1, 0.15) is 40.7 Å². The Kier molecular flexibility index (Phi) is 8.78. The molecule has 0 N–H and O–H groups in total. The average Bonchev–Trinajstić information content (AvgIpc) is 2.90. The normalized spacial score (nSPS) is 14.4. The van der Waals surface area contributed by atoms with E-state index in [1.54, 1.807) is 47.6 Å². The van der Waals surface area contributed by atoms with Crippen LogP contribution in [0.15, 0.2) is 66.7 Å². The third kappa shape index (κ3) is 6.15. The highest BCUT2D eigenvalue weighted by molar-refractivity contribution is 7.96. The maximum absolute atomic E-state index is 13.0. The van der Waals surface area contributed by atoms with E-state index in [1.165, 1.54) is 17.5 Å². The van der Waals surface area contributed by atoms with Crippen molar-refractivity contribution in [3.63, 3.8) is 0 Å². The van der Waals surface area contributed by atoms with Crippen LogP contribution in [0, 0.1) is 0 Å². The van der Waals surface area contributed by atoms with Crippen molar-refractivity contribution in [1.82, 2.24) is 4.31 Å². The minimum atomic E-state index is -0.410. The number of benzene rings is 3. The first-order chi connectivity index (χ1) is 17.5. The van der Waals surface area contributed by atoms with Crippen LogP contribution < -0.4 is 9.47 Å². The SMILES string of the molecule is CCOC(=O)C1CCOc2cc(Oc3ccc(C(=O)N(CCc4ccccc4)SC)cc3)c(Cl)cc21. The maximum Gasteiger partial charge on any atom is 0.313 e. The van der Waals surface area contributed by atoms with Crippen LogP contribution in [0.2, 0.25) is 5.02 Å². The molecular weight excluding hydrogens is 498 g/mol. The lowest BCUT2D eigenvalue weighted by Crippen LogP contribution is -2.26.